The van der Waals surface area contributed by atoms with Crippen LogP contribution in [0.3, 0.4) is 0 Å². The molecule has 33 heavy (non-hydrogen) atoms. The maximum atomic E-state index is 5.90. The summed E-state index contributed by atoms with van der Waals surface area (Å²) in [6.07, 6.45) is 4.46. The average molecular weight is 441 g/mol. The first-order valence-corrected chi connectivity index (χ1v) is 10.9. The number of hydrogen-bond acceptors (Lipinski definition) is 3. The highest BCUT2D eigenvalue weighted by Crippen LogP contribution is 2.46. The van der Waals surface area contributed by atoms with Crippen LogP contribution in [0.25, 0.3) is 21.8 Å². The lowest BCUT2D eigenvalue weighted by Gasteiger charge is -2.22. The van der Waals surface area contributed by atoms with Crippen LogP contribution in [0.15, 0.2) is 73.1 Å². The number of methoxy groups -OCH3 is 3. The third-order valence-corrected chi connectivity index (χ3v) is 6.52. The van der Waals surface area contributed by atoms with E-state index in [4.69, 9.17) is 14.2 Å². The number of hydrogen-bond donors (Lipinski definition) is 0. The summed E-state index contributed by atoms with van der Waals surface area (Å²) in [5.41, 5.74) is 5.85. The van der Waals surface area contributed by atoms with Gasteiger partial charge in [0.15, 0.2) is 11.5 Å². The topological polar surface area (TPSA) is 37.5 Å². The minimum atomic E-state index is -0.0723. The quantitative estimate of drug-likeness (QED) is 0.331. The van der Waals surface area contributed by atoms with E-state index >= 15 is 0 Å². The van der Waals surface area contributed by atoms with Crippen molar-refractivity contribution in [1.82, 2.24) is 9.13 Å². The third-order valence-electron chi connectivity index (χ3n) is 6.52. The number of aryl methyl sites for hydroxylation is 2. The van der Waals surface area contributed by atoms with Gasteiger partial charge in [-0.3, -0.25) is 0 Å². The highest BCUT2D eigenvalue weighted by molar-refractivity contribution is 5.90. The van der Waals surface area contributed by atoms with Crippen molar-refractivity contribution in [3.63, 3.8) is 0 Å². The maximum absolute atomic E-state index is 5.90. The van der Waals surface area contributed by atoms with Crippen molar-refractivity contribution in [3.05, 3.63) is 89.7 Å². The lowest BCUT2D eigenvalue weighted by atomic mass is 9.84. The Kier molecular flexibility index (Phi) is 5.25. The molecule has 0 fully saturated rings. The number of nitrogens with zero attached hydrogens (tertiary/aromatic N) is 2. The number of aromatic nitrogens is 2. The average Bonchev–Trinajstić information content (AvgIpc) is 3.36. The van der Waals surface area contributed by atoms with E-state index in [0.717, 1.165) is 11.3 Å². The molecule has 5 rings (SSSR count). The van der Waals surface area contributed by atoms with E-state index < -0.39 is 0 Å². The summed E-state index contributed by atoms with van der Waals surface area (Å²) in [4.78, 5) is 0. The fraction of sp³-hybridized carbons (Fsp3) is 0.214. The van der Waals surface area contributed by atoms with Crippen LogP contribution in [0.4, 0.5) is 0 Å². The molecule has 2 heterocycles. The van der Waals surface area contributed by atoms with Crippen molar-refractivity contribution >= 4 is 21.8 Å². The second-order valence-corrected chi connectivity index (χ2v) is 8.31. The molecule has 5 aromatic rings. The van der Waals surface area contributed by atoms with E-state index in [1.807, 2.05) is 12.1 Å². The molecule has 2 aromatic heterocycles. The molecular weight excluding hydrogens is 412 g/mol. The fourth-order valence-electron chi connectivity index (χ4n) is 4.99. The number of benzene rings is 3. The van der Waals surface area contributed by atoms with E-state index in [-0.39, 0.29) is 5.92 Å². The number of para-hydroxylation sites is 2. The van der Waals surface area contributed by atoms with E-state index in [1.54, 1.807) is 21.3 Å². The zero-order valence-electron chi connectivity index (χ0n) is 19.6. The molecule has 0 aliphatic carbocycles. The summed E-state index contributed by atoms with van der Waals surface area (Å²) in [6.45, 7) is 0. The van der Waals surface area contributed by atoms with Crippen LogP contribution in [0.2, 0.25) is 0 Å². The molecule has 5 nitrogen and oxygen atoms in total. The molecular formula is C28H28N2O3. The highest BCUT2D eigenvalue weighted by Gasteiger charge is 2.28. The van der Waals surface area contributed by atoms with Gasteiger partial charge in [-0.1, -0.05) is 36.4 Å². The Morgan fingerprint density at radius 2 is 1.03 bits per heavy atom. The third kappa shape index (κ3) is 3.32. The van der Waals surface area contributed by atoms with Gasteiger partial charge in [0.25, 0.3) is 0 Å². The van der Waals surface area contributed by atoms with Crippen molar-refractivity contribution in [2.75, 3.05) is 21.3 Å². The Labute approximate surface area is 193 Å². The van der Waals surface area contributed by atoms with Crippen molar-refractivity contribution in [1.29, 1.82) is 0 Å². The summed E-state index contributed by atoms with van der Waals surface area (Å²) in [5.74, 6) is 2.02. The van der Waals surface area contributed by atoms with Gasteiger partial charge in [-0.2, -0.15) is 0 Å². The number of rotatable bonds is 6. The molecule has 0 N–H and O–H groups in total. The van der Waals surface area contributed by atoms with Crippen LogP contribution >= 0.6 is 0 Å². The lowest BCUT2D eigenvalue weighted by molar-refractivity contribution is 0.347. The second kappa shape index (κ2) is 8.24. The van der Waals surface area contributed by atoms with Crippen molar-refractivity contribution in [2.24, 2.45) is 14.1 Å². The molecule has 0 atom stereocenters. The summed E-state index contributed by atoms with van der Waals surface area (Å²) in [7, 11) is 9.20. The van der Waals surface area contributed by atoms with Crippen molar-refractivity contribution < 1.29 is 14.2 Å². The van der Waals surface area contributed by atoms with Crippen molar-refractivity contribution in [3.8, 4) is 17.2 Å². The van der Waals surface area contributed by atoms with Gasteiger partial charge in [0.1, 0.15) is 5.75 Å². The molecule has 0 spiro atoms. The van der Waals surface area contributed by atoms with Crippen LogP contribution in [-0.2, 0) is 14.1 Å². The van der Waals surface area contributed by atoms with E-state index in [9.17, 15) is 0 Å². The highest BCUT2D eigenvalue weighted by atomic mass is 16.5. The SMILES string of the molecule is COc1cc(OC)c(C(c2cn(C)c3ccccc23)c2cn(C)c3ccccc23)cc1OC. The predicted molar refractivity (Wildman–Crippen MR) is 133 cm³/mol. The van der Waals surface area contributed by atoms with E-state index in [2.05, 4.69) is 84.2 Å². The zero-order chi connectivity index (χ0) is 23.1. The second-order valence-electron chi connectivity index (χ2n) is 8.31. The summed E-state index contributed by atoms with van der Waals surface area (Å²) >= 11 is 0. The molecule has 168 valence electrons. The van der Waals surface area contributed by atoms with E-state index in [0.29, 0.717) is 11.5 Å². The predicted octanol–water partition coefficient (Wildman–Crippen LogP) is 5.88. The molecule has 3 aromatic carbocycles. The first-order valence-electron chi connectivity index (χ1n) is 10.9. The van der Waals surface area contributed by atoms with Gasteiger partial charge < -0.3 is 23.3 Å². The molecule has 0 aliphatic rings. The lowest BCUT2D eigenvalue weighted by Crippen LogP contribution is -2.06. The molecule has 0 saturated heterocycles. The minimum absolute atomic E-state index is 0.0723. The van der Waals surface area contributed by atoms with Crippen LogP contribution in [0, 0.1) is 0 Å². The van der Waals surface area contributed by atoms with Crippen LogP contribution < -0.4 is 14.2 Å². The number of ether oxygens (including phenoxy) is 3. The molecule has 5 heteroatoms. The van der Waals surface area contributed by atoms with E-state index in [1.165, 1.54) is 32.9 Å². The molecule has 0 aliphatic heterocycles. The normalized spacial score (nSPS) is 11.5. The first-order chi connectivity index (χ1) is 16.1. The van der Waals surface area contributed by atoms with Gasteiger partial charge in [-0.25, -0.2) is 0 Å². The molecule has 0 unspecified atom stereocenters. The molecule has 0 amide bonds. The maximum Gasteiger partial charge on any atom is 0.164 e. The van der Waals surface area contributed by atoms with Gasteiger partial charge >= 0.3 is 0 Å². The van der Waals surface area contributed by atoms with Gasteiger partial charge in [0, 0.05) is 65.8 Å². The van der Waals surface area contributed by atoms with Crippen LogP contribution in [0.1, 0.15) is 22.6 Å². The van der Waals surface area contributed by atoms with Crippen LogP contribution in [-0.4, -0.2) is 30.5 Å². The molecule has 0 bridgehead atoms. The Morgan fingerprint density at radius 3 is 1.52 bits per heavy atom. The largest absolute Gasteiger partial charge is 0.496 e. The Hall–Kier alpha value is -3.86. The minimum Gasteiger partial charge on any atom is -0.496 e. The van der Waals surface area contributed by atoms with Crippen LogP contribution in [0.5, 0.6) is 17.2 Å². The Balaban J connectivity index is 1.88. The van der Waals surface area contributed by atoms with Gasteiger partial charge in [-0.05, 0) is 29.3 Å². The Bertz CT molecular complexity index is 1380. The van der Waals surface area contributed by atoms with Gasteiger partial charge in [0.05, 0.1) is 21.3 Å². The molecule has 0 saturated carbocycles. The monoisotopic (exact) mass is 440 g/mol. The standard InChI is InChI=1S/C28H28N2O3/c1-29-16-21(18-10-6-8-12-23(18)29)28(22-17-30(2)24-13-9-7-11-19(22)24)20-14-26(32-4)27(33-5)15-25(20)31-3/h6-17,28H,1-5H3. The van der Waals surface area contributed by atoms with Gasteiger partial charge in [0.2, 0.25) is 0 Å². The summed E-state index contributed by atoms with van der Waals surface area (Å²) in [6, 6.07) is 21.0. The summed E-state index contributed by atoms with van der Waals surface area (Å²) in [5, 5.41) is 2.43. The zero-order valence-corrected chi connectivity index (χ0v) is 19.6. The molecule has 0 radical (unpaired) electrons. The van der Waals surface area contributed by atoms with Crippen molar-refractivity contribution in [2.45, 2.75) is 5.92 Å². The smallest absolute Gasteiger partial charge is 0.164 e. The first kappa shape index (κ1) is 21.0. The Morgan fingerprint density at radius 1 is 0.576 bits per heavy atom. The van der Waals surface area contributed by atoms with Gasteiger partial charge in [-0.15, -0.1) is 0 Å². The number of fused-ring (bicyclic) bond motifs is 2. The fourth-order valence-corrected chi connectivity index (χ4v) is 4.99. The summed E-state index contributed by atoms with van der Waals surface area (Å²) < 4.78 is 21.5.